The van der Waals surface area contributed by atoms with Crippen LogP contribution in [0.4, 0.5) is 0 Å². The molecule has 0 fully saturated rings. The summed E-state index contributed by atoms with van der Waals surface area (Å²) < 4.78 is 47.1. The van der Waals surface area contributed by atoms with Crippen LogP contribution in [0.5, 0.6) is 0 Å². The van der Waals surface area contributed by atoms with Crippen LogP contribution in [0.3, 0.4) is 0 Å². The molecule has 26 heavy (non-hydrogen) atoms. The molecule has 158 valence electrons. The Morgan fingerprint density at radius 3 is 1.38 bits per heavy atom. The van der Waals surface area contributed by atoms with Gasteiger partial charge in [0.2, 0.25) is 0 Å². The average molecular weight is 442 g/mol. The van der Waals surface area contributed by atoms with E-state index in [9.17, 15) is 23.5 Å². The Balaban J connectivity index is 5.43. The first kappa shape index (κ1) is 26.4. The predicted molar refractivity (Wildman–Crippen MR) is 94.5 cm³/mol. The maximum atomic E-state index is 12.3. The molecule has 14 heteroatoms. The van der Waals surface area contributed by atoms with Crippen molar-refractivity contribution < 1.29 is 51.2 Å². The fraction of sp³-hybridized carbons (Fsp3) is 1.00. The van der Waals surface area contributed by atoms with Crippen molar-refractivity contribution in [3.63, 3.8) is 0 Å². The highest BCUT2D eigenvalue weighted by Gasteiger charge is 2.46. The standard InChI is InChI=1S/C12H30NO10P3/c1-4-7-10-13(11-8-5-2,12-9-6-3)21-25(17,18)23-26(19,20)22-24(14,15)16/h4-12H2,1-3H3,(H3-,14,15,16,17,18,19,20)/p+1. The summed E-state index contributed by atoms with van der Waals surface area (Å²) in [4.78, 5) is 36.4. The third kappa shape index (κ3) is 12.0. The van der Waals surface area contributed by atoms with Gasteiger partial charge in [-0.15, -0.1) is 0 Å². The molecule has 2 unspecified atom stereocenters. The molecule has 2 atom stereocenters. The Labute approximate surface area is 154 Å². The van der Waals surface area contributed by atoms with Gasteiger partial charge in [0.05, 0.1) is 0 Å². The van der Waals surface area contributed by atoms with Gasteiger partial charge in [0, 0.05) is 0 Å². The monoisotopic (exact) mass is 442 g/mol. The van der Waals surface area contributed by atoms with Crippen LogP contribution in [-0.2, 0) is 26.9 Å². The summed E-state index contributed by atoms with van der Waals surface area (Å²) in [6, 6.07) is 0. The third-order valence-electron chi connectivity index (χ3n) is 3.45. The van der Waals surface area contributed by atoms with E-state index < -0.39 is 23.5 Å². The van der Waals surface area contributed by atoms with E-state index in [0.717, 1.165) is 19.3 Å². The van der Waals surface area contributed by atoms with Crippen molar-refractivity contribution >= 4 is 23.5 Å². The zero-order chi connectivity index (χ0) is 20.5. The lowest BCUT2D eigenvalue weighted by molar-refractivity contribution is -1.08. The number of hydrogen-bond donors (Lipinski definition) is 4. The molecular formula is C12H31NO10P3+. The summed E-state index contributed by atoms with van der Waals surface area (Å²) >= 11 is 0. The normalized spacial score (nSPS) is 17.7. The van der Waals surface area contributed by atoms with Crippen molar-refractivity contribution in [1.29, 1.82) is 0 Å². The van der Waals surface area contributed by atoms with Crippen LogP contribution in [0, 0.1) is 0 Å². The summed E-state index contributed by atoms with van der Waals surface area (Å²) in [5.74, 6) is 0. The minimum Gasteiger partial charge on any atom is -0.302 e. The fourth-order valence-electron chi connectivity index (χ4n) is 2.31. The van der Waals surface area contributed by atoms with E-state index in [1.165, 1.54) is 0 Å². The Morgan fingerprint density at radius 1 is 0.692 bits per heavy atom. The highest BCUT2D eigenvalue weighted by atomic mass is 31.3. The minimum atomic E-state index is -5.51. The summed E-state index contributed by atoms with van der Waals surface area (Å²) in [7, 11) is -16.1. The van der Waals surface area contributed by atoms with E-state index in [0.29, 0.717) is 38.9 Å². The zero-order valence-electron chi connectivity index (χ0n) is 15.4. The number of hydroxylamine groups is 3. The number of hydrogen-bond acceptors (Lipinski definition) is 6. The van der Waals surface area contributed by atoms with E-state index in [2.05, 4.69) is 8.62 Å². The molecule has 11 nitrogen and oxygen atoms in total. The molecule has 0 amide bonds. The second-order valence-corrected chi connectivity index (χ2v) is 10.3. The molecule has 0 rings (SSSR count). The molecule has 0 radical (unpaired) electrons. The number of rotatable bonds is 15. The van der Waals surface area contributed by atoms with E-state index in [4.69, 9.17) is 14.4 Å². The quantitative estimate of drug-likeness (QED) is 0.168. The van der Waals surface area contributed by atoms with Crippen LogP contribution in [0.15, 0.2) is 0 Å². The van der Waals surface area contributed by atoms with Gasteiger partial charge < -0.3 is 14.7 Å². The van der Waals surface area contributed by atoms with Gasteiger partial charge in [0.1, 0.15) is 19.6 Å². The Bertz CT molecular complexity index is 530. The van der Waals surface area contributed by atoms with Gasteiger partial charge in [0.25, 0.3) is 0 Å². The van der Waals surface area contributed by atoms with Gasteiger partial charge in [-0.3, -0.25) is 4.89 Å². The first-order valence-electron chi connectivity index (χ1n) is 8.51. The van der Waals surface area contributed by atoms with Crippen molar-refractivity contribution in [2.75, 3.05) is 19.6 Å². The molecule has 0 aromatic rings. The van der Waals surface area contributed by atoms with E-state index >= 15 is 0 Å². The highest BCUT2D eigenvalue weighted by Crippen LogP contribution is 2.67. The zero-order valence-corrected chi connectivity index (χ0v) is 18.1. The number of unbranched alkanes of at least 4 members (excludes halogenated alkanes) is 3. The van der Waals surface area contributed by atoms with Gasteiger partial charge in [-0.2, -0.15) is 13.3 Å². The first-order valence-corrected chi connectivity index (χ1v) is 13.0. The molecule has 0 heterocycles. The number of nitrogens with zero attached hydrogens (tertiary/aromatic N) is 1. The van der Waals surface area contributed by atoms with Crippen LogP contribution in [0.2, 0.25) is 0 Å². The van der Waals surface area contributed by atoms with Gasteiger partial charge in [-0.25, -0.2) is 13.7 Å². The lowest BCUT2D eigenvalue weighted by Crippen LogP contribution is -2.49. The molecule has 4 N–H and O–H groups in total. The van der Waals surface area contributed by atoms with Crippen molar-refractivity contribution in [3.8, 4) is 0 Å². The molecule has 0 aliphatic heterocycles. The second-order valence-electron chi connectivity index (χ2n) is 5.96. The first-order chi connectivity index (χ1) is 11.8. The fourth-order valence-corrected chi connectivity index (χ4v) is 5.62. The summed E-state index contributed by atoms with van der Waals surface area (Å²) in [6.07, 6.45) is 4.46. The SMILES string of the molecule is CCCC[N+](CCCC)(CCCC)OP(=O)(O)OP(=O)(O)OP(=O)(O)O. The van der Waals surface area contributed by atoms with Crippen LogP contribution in [-0.4, -0.2) is 43.9 Å². The summed E-state index contributed by atoms with van der Waals surface area (Å²) in [5, 5.41) is 0. The van der Waals surface area contributed by atoms with Gasteiger partial charge in [0.15, 0.2) is 0 Å². The van der Waals surface area contributed by atoms with Crippen molar-refractivity contribution in [2.24, 2.45) is 0 Å². The van der Waals surface area contributed by atoms with Crippen molar-refractivity contribution in [1.82, 2.24) is 0 Å². The molecule has 0 spiro atoms. The molecule has 0 aliphatic carbocycles. The molecule has 0 aromatic carbocycles. The lowest BCUT2D eigenvalue weighted by atomic mass is 10.2. The molecule has 0 saturated carbocycles. The molecule has 0 saturated heterocycles. The summed E-state index contributed by atoms with van der Waals surface area (Å²) in [6.45, 7) is 7.00. The smallest absolute Gasteiger partial charge is 0.302 e. The summed E-state index contributed by atoms with van der Waals surface area (Å²) in [5.41, 5.74) is 0. The number of quaternary nitrogens is 1. The maximum absolute atomic E-state index is 12.3. The van der Waals surface area contributed by atoms with Crippen LogP contribution >= 0.6 is 23.5 Å². The lowest BCUT2D eigenvalue weighted by Gasteiger charge is -2.35. The third-order valence-corrected chi connectivity index (χ3v) is 7.33. The Morgan fingerprint density at radius 2 is 1.08 bits per heavy atom. The van der Waals surface area contributed by atoms with Crippen molar-refractivity contribution in [3.05, 3.63) is 0 Å². The molecular weight excluding hydrogens is 411 g/mol. The molecule has 0 aliphatic rings. The van der Waals surface area contributed by atoms with Gasteiger partial charge in [-0.1, -0.05) is 44.7 Å². The van der Waals surface area contributed by atoms with Crippen LogP contribution < -0.4 is 0 Å². The Hall–Kier alpha value is 0.370. The minimum absolute atomic E-state index is 0.251. The molecule has 0 bridgehead atoms. The second kappa shape index (κ2) is 11.4. The van der Waals surface area contributed by atoms with Gasteiger partial charge >= 0.3 is 23.5 Å². The Kier molecular flexibility index (Phi) is 11.6. The van der Waals surface area contributed by atoms with E-state index in [1.54, 1.807) is 0 Å². The van der Waals surface area contributed by atoms with Crippen LogP contribution in [0.25, 0.3) is 0 Å². The molecule has 0 aromatic heterocycles. The predicted octanol–water partition coefficient (Wildman–Crippen LogP) is 3.46. The van der Waals surface area contributed by atoms with Crippen molar-refractivity contribution in [2.45, 2.75) is 59.3 Å². The number of phosphoric acid groups is 3. The maximum Gasteiger partial charge on any atom is 0.527 e. The average Bonchev–Trinajstić information content (AvgIpc) is 2.44. The van der Waals surface area contributed by atoms with E-state index in [-0.39, 0.29) is 4.65 Å². The van der Waals surface area contributed by atoms with E-state index in [1.807, 2.05) is 20.8 Å². The van der Waals surface area contributed by atoms with Crippen LogP contribution in [0.1, 0.15) is 59.3 Å². The highest BCUT2D eigenvalue weighted by molar-refractivity contribution is 7.66. The van der Waals surface area contributed by atoms with Gasteiger partial charge in [-0.05, 0) is 19.3 Å². The topological polar surface area (TPSA) is 160 Å². The largest absolute Gasteiger partial charge is 0.527 e.